The van der Waals surface area contributed by atoms with E-state index in [0.717, 1.165) is 25.7 Å². The number of halogens is 1. The molecule has 0 bridgehead atoms. The van der Waals surface area contributed by atoms with Gasteiger partial charge in [0.2, 0.25) is 5.91 Å². The van der Waals surface area contributed by atoms with Gasteiger partial charge in [-0.2, -0.15) is 0 Å². The molecular formula is C13H17ClN2O. The molecule has 1 aromatic rings. The normalized spacial score (nSPS) is 18.0. The van der Waals surface area contributed by atoms with Crippen LogP contribution < -0.4 is 11.1 Å². The highest BCUT2D eigenvalue weighted by Crippen LogP contribution is 2.38. The molecule has 1 fully saturated rings. The van der Waals surface area contributed by atoms with E-state index in [1.165, 1.54) is 0 Å². The average molecular weight is 253 g/mol. The topological polar surface area (TPSA) is 55.1 Å². The molecule has 3 nitrogen and oxygen atoms in total. The Balaban J connectivity index is 2.10. The minimum Gasteiger partial charge on any atom is -0.398 e. The highest BCUT2D eigenvalue weighted by molar-refractivity contribution is 6.33. The summed E-state index contributed by atoms with van der Waals surface area (Å²) in [6.45, 7) is 2.02. The Bertz CT molecular complexity index is 439. The van der Waals surface area contributed by atoms with Gasteiger partial charge in [0, 0.05) is 11.1 Å². The van der Waals surface area contributed by atoms with Gasteiger partial charge in [-0.3, -0.25) is 4.79 Å². The Morgan fingerprint density at radius 2 is 2.06 bits per heavy atom. The maximum Gasteiger partial charge on any atom is 0.230 e. The summed E-state index contributed by atoms with van der Waals surface area (Å²) in [6, 6.07) is 5.17. The molecule has 0 spiro atoms. The number of nitrogen functional groups attached to an aromatic ring is 1. The largest absolute Gasteiger partial charge is 0.398 e. The molecule has 0 saturated heterocycles. The van der Waals surface area contributed by atoms with E-state index in [2.05, 4.69) is 5.32 Å². The van der Waals surface area contributed by atoms with Crippen LogP contribution in [0.4, 0.5) is 11.4 Å². The van der Waals surface area contributed by atoms with Crippen molar-refractivity contribution in [3.63, 3.8) is 0 Å². The van der Waals surface area contributed by atoms with Crippen molar-refractivity contribution in [2.75, 3.05) is 11.1 Å². The molecule has 17 heavy (non-hydrogen) atoms. The fourth-order valence-electron chi connectivity index (χ4n) is 2.27. The lowest BCUT2D eigenvalue weighted by Gasteiger charge is -2.22. The van der Waals surface area contributed by atoms with E-state index in [0.29, 0.717) is 16.4 Å². The van der Waals surface area contributed by atoms with Gasteiger partial charge in [0.1, 0.15) is 0 Å². The van der Waals surface area contributed by atoms with E-state index in [1.54, 1.807) is 18.2 Å². The van der Waals surface area contributed by atoms with Crippen molar-refractivity contribution < 1.29 is 4.79 Å². The van der Waals surface area contributed by atoms with Crippen LogP contribution in [-0.4, -0.2) is 5.91 Å². The molecule has 4 heteroatoms. The van der Waals surface area contributed by atoms with Crippen molar-refractivity contribution in [1.82, 2.24) is 0 Å². The Hall–Kier alpha value is -1.22. The third-order valence-corrected chi connectivity index (χ3v) is 3.84. The van der Waals surface area contributed by atoms with Crippen LogP contribution in [0.2, 0.25) is 5.02 Å². The van der Waals surface area contributed by atoms with Crippen LogP contribution in [0.25, 0.3) is 0 Å². The second-order valence-electron chi connectivity index (χ2n) is 4.96. The van der Waals surface area contributed by atoms with Crippen LogP contribution in [0.5, 0.6) is 0 Å². The first kappa shape index (κ1) is 12.2. The number of rotatable bonds is 2. The molecule has 0 aromatic heterocycles. The second kappa shape index (κ2) is 4.57. The van der Waals surface area contributed by atoms with Crippen LogP contribution >= 0.6 is 11.6 Å². The van der Waals surface area contributed by atoms with Gasteiger partial charge >= 0.3 is 0 Å². The van der Waals surface area contributed by atoms with Gasteiger partial charge < -0.3 is 11.1 Å². The molecule has 0 atom stereocenters. The Morgan fingerprint density at radius 1 is 1.41 bits per heavy atom. The van der Waals surface area contributed by atoms with Gasteiger partial charge in [0.25, 0.3) is 0 Å². The van der Waals surface area contributed by atoms with E-state index in [-0.39, 0.29) is 11.3 Å². The summed E-state index contributed by atoms with van der Waals surface area (Å²) < 4.78 is 0. The van der Waals surface area contributed by atoms with Crippen LogP contribution in [0.3, 0.4) is 0 Å². The summed E-state index contributed by atoms with van der Waals surface area (Å²) >= 11 is 5.92. The number of hydrogen-bond acceptors (Lipinski definition) is 2. The van der Waals surface area contributed by atoms with E-state index >= 15 is 0 Å². The quantitative estimate of drug-likeness (QED) is 0.793. The third-order valence-electron chi connectivity index (χ3n) is 3.51. The van der Waals surface area contributed by atoms with Crippen LogP contribution in [0, 0.1) is 5.41 Å². The SMILES string of the molecule is CC1(C(=O)Nc2ccc(N)c(Cl)c2)CCCC1. The summed E-state index contributed by atoms with van der Waals surface area (Å²) in [4.78, 5) is 12.1. The lowest BCUT2D eigenvalue weighted by molar-refractivity contribution is -0.124. The lowest BCUT2D eigenvalue weighted by atomic mass is 9.88. The summed E-state index contributed by atoms with van der Waals surface area (Å²) in [5, 5.41) is 3.39. The number of anilines is 2. The van der Waals surface area contributed by atoms with Crippen molar-refractivity contribution in [1.29, 1.82) is 0 Å². The van der Waals surface area contributed by atoms with Crippen molar-refractivity contribution in [3.8, 4) is 0 Å². The molecule has 1 aromatic carbocycles. The molecule has 3 N–H and O–H groups in total. The van der Waals surface area contributed by atoms with E-state index < -0.39 is 0 Å². The maximum atomic E-state index is 12.1. The molecule has 2 rings (SSSR count). The number of nitrogens with one attached hydrogen (secondary N) is 1. The maximum absolute atomic E-state index is 12.1. The van der Waals surface area contributed by atoms with Crippen molar-refractivity contribution in [2.24, 2.45) is 5.41 Å². The van der Waals surface area contributed by atoms with Crippen molar-refractivity contribution in [2.45, 2.75) is 32.6 Å². The number of nitrogens with two attached hydrogens (primary N) is 1. The zero-order valence-electron chi connectivity index (χ0n) is 9.92. The number of amides is 1. The molecule has 0 heterocycles. The van der Waals surface area contributed by atoms with Crippen molar-refractivity contribution in [3.05, 3.63) is 23.2 Å². The second-order valence-corrected chi connectivity index (χ2v) is 5.37. The standard InChI is InChI=1S/C13H17ClN2O/c1-13(6-2-3-7-13)12(17)16-9-4-5-11(15)10(14)8-9/h4-5,8H,2-3,6-7,15H2,1H3,(H,16,17). The summed E-state index contributed by atoms with van der Waals surface area (Å²) in [5.41, 5.74) is 6.63. The van der Waals surface area contributed by atoms with E-state index in [4.69, 9.17) is 17.3 Å². The minimum absolute atomic E-state index is 0.0795. The molecule has 92 valence electrons. The number of carbonyl (C=O) groups is 1. The van der Waals surface area contributed by atoms with Gasteiger partial charge in [-0.15, -0.1) is 0 Å². The molecule has 1 aliphatic rings. The molecule has 0 unspecified atom stereocenters. The first-order chi connectivity index (χ1) is 8.01. The Kier molecular flexibility index (Phi) is 3.29. The van der Waals surface area contributed by atoms with Crippen molar-refractivity contribution >= 4 is 28.9 Å². The Labute approximate surface area is 106 Å². The van der Waals surface area contributed by atoms with Gasteiger partial charge in [0.05, 0.1) is 10.7 Å². The van der Waals surface area contributed by atoms with Crippen LogP contribution in [0.1, 0.15) is 32.6 Å². The first-order valence-corrected chi connectivity index (χ1v) is 6.25. The number of hydrogen-bond donors (Lipinski definition) is 2. The molecular weight excluding hydrogens is 236 g/mol. The van der Waals surface area contributed by atoms with E-state index in [1.807, 2.05) is 6.92 Å². The Morgan fingerprint density at radius 3 is 2.65 bits per heavy atom. The average Bonchev–Trinajstić information content (AvgIpc) is 2.72. The predicted molar refractivity (Wildman–Crippen MR) is 71.1 cm³/mol. The summed E-state index contributed by atoms with van der Waals surface area (Å²) in [5.74, 6) is 0.0795. The van der Waals surface area contributed by atoms with E-state index in [9.17, 15) is 4.79 Å². The fraction of sp³-hybridized carbons (Fsp3) is 0.462. The molecule has 1 saturated carbocycles. The molecule has 1 aliphatic carbocycles. The number of carbonyl (C=O) groups excluding carboxylic acids is 1. The zero-order valence-corrected chi connectivity index (χ0v) is 10.7. The van der Waals surface area contributed by atoms with Crippen LogP contribution in [0.15, 0.2) is 18.2 Å². The number of benzene rings is 1. The fourth-order valence-corrected chi connectivity index (χ4v) is 2.45. The van der Waals surface area contributed by atoms with Gasteiger partial charge in [-0.05, 0) is 31.0 Å². The third kappa shape index (κ3) is 2.55. The highest BCUT2D eigenvalue weighted by Gasteiger charge is 2.36. The monoisotopic (exact) mass is 252 g/mol. The van der Waals surface area contributed by atoms with Gasteiger partial charge in [-0.1, -0.05) is 31.4 Å². The highest BCUT2D eigenvalue weighted by atomic mass is 35.5. The minimum atomic E-state index is -0.228. The smallest absolute Gasteiger partial charge is 0.230 e. The molecule has 0 aliphatic heterocycles. The summed E-state index contributed by atoms with van der Waals surface area (Å²) in [7, 11) is 0. The molecule has 1 amide bonds. The van der Waals surface area contributed by atoms with Gasteiger partial charge in [0.15, 0.2) is 0 Å². The lowest BCUT2D eigenvalue weighted by Crippen LogP contribution is -2.30. The summed E-state index contributed by atoms with van der Waals surface area (Å²) in [6.07, 6.45) is 4.18. The zero-order chi connectivity index (χ0) is 12.5. The van der Waals surface area contributed by atoms with Crippen LogP contribution in [-0.2, 0) is 4.79 Å². The van der Waals surface area contributed by atoms with Gasteiger partial charge in [-0.25, -0.2) is 0 Å². The first-order valence-electron chi connectivity index (χ1n) is 5.88. The predicted octanol–water partition coefficient (Wildman–Crippen LogP) is 3.44. The molecule has 0 radical (unpaired) electrons.